The first-order valence-electron chi connectivity index (χ1n) is 9.48. The lowest BCUT2D eigenvalue weighted by molar-refractivity contribution is -0.152. The second-order valence-corrected chi connectivity index (χ2v) is 6.36. The van der Waals surface area contributed by atoms with Gasteiger partial charge in [-0.3, -0.25) is 9.59 Å². The molecule has 0 aliphatic heterocycles. The van der Waals surface area contributed by atoms with Crippen LogP contribution >= 0.6 is 0 Å². The Morgan fingerprint density at radius 2 is 1.71 bits per heavy atom. The van der Waals surface area contributed by atoms with Crippen molar-refractivity contribution in [3.05, 3.63) is 72.3 Å². The largest absolute Gasteiger partial charge is 0.493 e. The number of rotatable bonds is 11. The molecule has 0 radical (unpaired) electrons. The average Bonchev–Trinajstić information content (AvgIpc) is 2.80. The molecule has 1 atom stereocenters. The van der Waals surface area contributed by atoms with E-state index in [0.29, 0.717) is 11.5 Å². The van der Waals surface area contributed by atoms with Gasteiger partial charge in [-0.05, 0) is 23.8 Å². The molecule has 0 heterocycles. The Labute approximate surface area is 180 Å². The molecule has 2 rings (SSSR count). The Morgan fingerprint density at radius 1 is 1.00 bits per heavy atom. The summed E-state index contributed by atoms with van der Waals surface area (Å²) in [5, 5.41) is 2.53. The normalized spacial score (nSPS) is 11.0. The van der Waals surface area contributed by atoms with E-state index in [2.05, 4.69) is 11.9 Å². The van der Waals surface area contributed by atoms with E-state index in [4.69, 9.17) is 18.9 Å². The van der Waals surface area contributed by atoms with E-state index in [9.17, 15) is 14.4 Å². The van der Waals surface area contributed by atoms with Crippen molar-refractivity contribution in [1.82, 2.24) is 5.32 Å². The third-order valence-electron chi connectivity index (χ3n) is 4.19. The monoisotopic (exact) mass is 427 g/mol. The summed E-state index contributed by atoms with van der Waals surface area (Å²) >= 11 is 0. The van der Waals surface area contributed by atoms with E-state index in [1.807, 2.05) is 18.2 Å². The highest BCUT2D eigenvalue weighted by atomic mass is 16.5. The number of carbonyl (C=O) groups excluding carboxylic acids is 3. The van der Waals surface area contributed by atoms with Crippen LogP contribution < -0.4 is 14.8 Å². The maximum atomic E-state index is 12.7. The van der Waals surface area contributed by atoms with E-state index >= 15 is 0 Å². The second kappa shape index (κ2) is 12.0. The minimum absolute atomic E-state index is 0.00408. The molecule has 0 aliphatic carbocycles. The third kappa shape index (κ3) is 7.18. The molecule has 31 heavy (non-hydrogen) atoms. The SMILES string of the molecule is C=CCOC(=O)C[C@H](NC(=O)c1ccc(OC)c(OC)c1)C(=O)OCc1ccccc1. The fourth-order valence-corrected chi connectivity index (χ4v) is 2.62. The molecule has 0 spiro atoms. The molecule has 8 heteroatoms. The zero-order valence-corrected chi connectivity index (χ0v) is 17.5. The first-order valence-corrected chi connectivity index (χ1v) is 9.48. The van der Waals surface area contributed by atoms with Crippen LogP contribution in [0.1, 0.15) is 22.3 Å². The third-order valence-corrected chi connectivity index (χ3v) is 4.19. The second-order valence-electron chi connectivity index (χ2n) is 6.36. The van der Waals surface area contributed by atoms with Gasteiger partial charge in [0, 0.05) is 5.56 Å². The molecule has 0 aromatic heterocycles. The van der Waals surface area contributed by atoms with Crippen LogP contribution in [0.25, 0.3) is 0 Å². The van der Waals surface area contributed by atoms with Crippen LogP contribution in [0.5, 0.6) is 11.5 Å². The molecular weight excluding hydrogens is 402 g/mol. The Hall–Kier alpha value is -3.81. The highest BCUT2D eigenvalue weighted by molar-refractivity contribution is 5.98. The van der Waals surface area contributed by atoms with Crippen molar-refractivity contribution in [2.75, 3.05) is 20.8 Å². The van der Waals surface area contributed by atoms with Gasteiger partial charge in [-0.15, -0.1) is 0 Å². The molecule has 1 N–H and O–H groups in total. The van der Waals surface area contributed by atoms with Crippen LogP contribution in [0, 0.1) is 0 Å². The van der Waals surface area contributed by atoms with Crippen molar-refractivity contribution >= 4 is 17.8 Å². The molecule has 1 amide bonds. The molecule has 0 bridgehead atoms. The summed E-state index contributed by atoms with van der Waals surface area (Å²) in [6.07, 6.45) is 1.02. The molecular formula is C23H25NO7. The van der Waals surface area contributed by atoms with E-state index in [1.54, 1.807) is 18.2 Å². The number of carbonyl (C=O) groups is 3. The van der Waals surface area contributed by atoms with Gasteiger partial charge < -0.3 is 24.3 Å². The zero-order valence-electron chi connectivity index (χ0n) is 17.5. The van der Waals surface area contributed by atoms with Crippen LogP contribution in [-0.4, -0.2) is 44.7 Å². The quantitative estimate of drug-likeness (QED) is 0.435. The van der Waals surface area contributed by atoms with Gasteiger partial charge in [0.1, 0.15) is 19.3 Å². The maximum absolute atomic E-state index is 12.7. The van der Waals surface area contributed by atoms with E-state index in [0.717, 1.165) is 5.56 Å². The van der Waals surface area contributed by atoms with Crippen molar-refractivity contribution in [2.45, 2.75) is 19.1 Å². The predicted molar refractivity (Wildman–Crippen MR) is 113 cm³/mol. The number of methoxy groups -OCH3 is 2. The summed E-state index contributed by atoms with van der Waals surface area (Å²) in [6, 6.07) is 12.4. The van der Waals surface area contributed by atoms with Gasteiger partial charge in [0.25, 0.3) is 5.91 Å². The van der Waals surface area contributed by atoms with Gasteiger partial charge in [-0.25, -0.2) is 4.79 Å². The van der Waals surface area contributed by atoms with Crippen LogP contribution in [0.2, 0.25) is 0 Å². The Morgan fingerprint density at radius 3 is 2.35 bits per heavy atom. The number of nitrogens with one attached hydrogen (secondary N) is 1. The Kier molecular flexibility index (Phi) is 9.10. The summed E-state index contributed by atoms with van der Waals surface area (Å²) in [5.74, 6) is -1.21. The van der Waals surface area contributed by atoms with Crippen molar-refractivity contribution in [3.63, 3.8) is 0 Å². The van der Waals surface area contributed by atoms with Crippen LogP contribution in [-0.2, 0) is 25.7 Å². The number of hydrogen-bond acceptors (Lipinski definition) is 7. The highest BCUT2D eigenvalue weighted by Crippen LogP contribution is 2.27. The zero-order chi connectivity index (χ0) is 22.6. The molecule has 2 aromatic carbocycles. The topological polar surface area (TPSA) is 100 Å². The van der Waals surface area contributed by atoms with Gasteiger partial charge in [0.15, 0.2) is 11.5 Å². The number of ether oxygens (including phenoxy) is 4. The predicted octanol–water partition coefficient (Wildman–Crippen LogP) is 2.66. The smallest absolute Gasteiger partial charge is 0.329 e. The van der Waals surface area contributed by atoms with Crippen molar-refractivity contribution < 1.29 is 33.3 Å². The van der Waals surface area contributed by atoms with Crippen molar-refractivity contribution in [1.29, 1.82) is 0 Å². The number of esters is 2. The average molecular weight is 427 g/mol. The van der Waals surface area contributed by atoms with E-state index < -0.39 is 23.9 Å². The van der Waals surface area contributed by atoms with E-state index in [-0.39, 0.29) is 25.2 Å². The summed E-state index contributed by atoms with van der Waals surface area (Å²) in [7, 11) is 2.92. The maximum Gasteiger partial charge on any atom is 0.329 e. The minimum atomic E-state index is -1.23. The number of benzene rings is 2. The van der Waals surface area contributed by atoms with Crippen molar-refractivity contribution in [3.8, 4) is 11.5 Å². The minimum Gasteiger partial charge on any atom is -0.493 e. The van der Waals surface area contributed by atoms with E-state index in [1.165, 1.54) is 32.4 Å². The Bertz CT molecular complexity index is 911. The lowest BCUT2D eigenvalue weighted by Gasteiger charge is -2.18. The molecule has 8 nitrogen and oxygen atoms in total. The molecule has 0 aliphatic rings. The van der Waals surface area contributed by atoms with Gasteiger partial charge in [-0.2, -0.15) is 0 Å². The van der Waals surface area contributed by atoms with Gasteiger partial charge in [0.05, 0.1) is 20.6 Å². The van der Waals surface area contributed by atoms with Crippen LogP contribution in [0.3, 0.4) is 0 Å². The number of hydrogen-bond donors (Lipinski definition) is 1. The Balaban J connectivity index is 2.13. The summed E-state index contributed by atoms with van der Waals surface area (Å²) in [5.41, 5.74) is 0.994. The molecule has 2 aromatic rings. The fraction of sp³-hybridized carbons (Fsp3) is 0.261. The van der Waals surface area contributed by atoms with Gasteiger partial charge in [0.2, 0.25) is 0 Å². The van der Waals surface area contributed by atoms with Gasteiger partial charge in [-0.1, -0.05) is 43.0 Å². The van der Waals surface area contributed by atoms with Crippen molar-refractivity contribution in [2.24, 2.45) is 0 Å². The first-order chi connectivity index (χ1) is 15.0. The molecule has 0 saturated carbocycles. The van der Waals surface area contributed by atoms with Crippen LogP contribution in [0.4, 0.5) is 0 Å². The lowest BCUT2D eigenvalue weighted by atomic mass is 10.1. The van der Waals surface area contributed by atoms with Crippen LogP contribution in [0.15, 0.2) is 61.2 Å². The number of amides is 1. The molecule has 164 valence electrons. The fourth-order valence-electron chi connectivity index (χ4n) is 2.62. The molecule has 0 saturated heterocycles. The highest BCUT2D eigenvalue weighted by Gasteiger charge is 2.27. The standard InChI is InChI=1S/C23H25NO7/c1-4-12-30-21(25)14-18(23(27)31-15-16-8-6-5-7-9-16)24-22(26)17-10-11-19(28-2)20(13-17)29-3/h4-11,13,18H,1,12,14-15H2,2-3H3,(H,24,26)/t18-/m0/s1. The lowest BCUT2D eigenvalue weighted by Crippen LogP contribution is -2.43. The van der Waals surface area contributed by atoms with Gasteiger partial charge >= 0.3 is 11.9 Å². The first kappa shape index (κ1) is 23.5. The molecule has 0 fully saturated rings. The molecule has 0 unspecified atom stereocenters. The summed E-state index contributed by atoms with van der Waals surface area (Å²) < 4.78 is 20.6. The summed E-state index contributed by atoms with van der Waals surface area (Å²) in [6.45, 7) is 3.47. The summed E-state index contributed by atoms with van der Waals surface area (Å²) in [4.78, 5) is 37.3.